The van der Waals surface area contributed by atoms with Gasteiger partial charge in [0.05, 0.1) is 16.5 Å². The van der Waals surface area contributed by atoms with Crippen LogP contribution in [-0.4, -0.2) is 0 Å². The highest BCUT2D eigenvalue weighted by atomic mass is 35.5. The molecule has 0 atom stereocenters. The lowest BCUT2D eigenvalue weighted by Gasteiger charge is -2.03. The molecule has 0 saturated carbocycles. The molecular formula is C8H4Cl3N. The fraction of sp³-hybridized carbons (Fsp3) is 0.125. The Morgan fingerprint density at radius 2 is 1.83 bits per heavy atom. The molecule has 0 spiro atoms. The molecule has 12 heavy (non-hydrogen) atoms. The predicted molar refractivity (Wildman–Crippen MR) is 50.7 cm³/mol. The molecule has 0 aliphatic heterocycles. The number of nitrogens with zero attached hydrogens (tertiary/aromatic N) is 1. The monoisotopic (exact) mass is 219 g/mol. The molecule has 4 heteroatoms. The first-order chi connectivity index (χ1) is 5.70. The number of rotatable bonds is 1. The fourth-order valence-electron chi connectivity index (χ4n) is 0.845. The zero-order valence-electron chi connectivity index (χ0n) is 5.94. The zero-order chi connectivity index (χ0) is 9.14. The van der Waals surface area contributed by atoms with Gasteiger partial charge >= 0.3 is 0 Å². The van der Waals surface area contributed by atoms with Crippen molar-refractivity contribution in [2.45, 2.75) is 5.88 Å². The van der Waals surface area contributed by atoms with Crippen LogP contribution in [0, 0.1) is 11.3 Å². The van der Waals surface area contributed by atoms with Crippen LogP contribution in [0.2, 0.25) is 10.0 Å². The first-order valence-electron chi connectivity index (χ1n) is 3.13. The summed E-state index contributed by atoms with van der Waals surface area (Å²) in [7, 11) is 0. The summed E-state index contributed by atoms with van der Waals surface area (Å²) in [5.74, 6) is 0.197. The molecule has 0 heterocycles. The summed E-state index contributed by atoms with van der Waals surface area (Å²) in [5.41, 5.74) is 0.951. The molecule has 1 aromatic carbocycles. The van der Waals surface area contributed by atoms with Gasteiger partial charge in [-0.05, 0) is 12.1 Å². The minimum absolute atomic E-state index is 0.197. The van der Waals surface area contributed by atoms with E-state index in [9.17, 15) is 0 Å². The lowest BCUT2D eigenvalue weighted by Crippen LogP contribution is -1.88. The smallest absolute Gasteiger partial charge is 0.101 e. The highest BCUT2D eigenvalue weighted by molar-refractivity contribution is 6.35. The molecule has 0 aromatic heterocycles. The van der Waals surface area contributed by atoms with E-state index in [1.54, 1.807) is 12.1 Å². The predicted octanol–water partition coefficient (Wildman–Crippen LogP) is 3.60. The van der Waals surface area contributed by atoms with Crippen LogP contribution in [0.25, 0.3) is 0 Å². The Bertz CT molecular complexity index is 341. The quantitative estimate of drug-likeness (QED) is 0.663. The van der Waals surface area contributed by atoms with Gasteiger partial charge in [0.15, 0.2) is 0 Å². The van der Waals surface area contributed by atoms with Crippen molar-refractivity contribution in [3.63, 3.8) is 0 Å². The van der Waals surface area contributed by atoms with Gasteiger partial charge in [-0.2, -0.15) is 5.26 Å². The van der Waals surface area contributed by atoms with Crippen LogP contribution >= 0.6 is 34.8 Å². The lowest BCUT2D eigenvalue weighted by molar-refractivity contribution is 1.35. The molecule has 0 saturated heterocycles. The summed E-state index contributed by atoms with van der Waals surface area (Å²) >= 11 is 17.1. The molecule has 62 valence electrons. The molecule has 1 nitrogen and oxygen atoms in total. The van der Waals surface area contributed by atoms with Crippen molar-refractivity contribution in [2.75, 3.05) is 0 Å². The number of hydrogen-bond donors (Lipinski definition) is 0. The maximum Gasteiger partial charge on any atom is 0.101 e. The normalized spacial score (nSPS) is 9.50. The number of nitriles is 1. The zero-order valence-corrected chi connectivity index (χ0v) is 8.21. The van der Waals surface area contributed by atoms with Gasteiger partial charge in [-0.1, -0.05) is 23.2 Å². The summed E-state index contributed by atoms with van der Waals surface area (Å²) in [4.78, 5) is 0. The van der Waals surface area contributed by atoms with Gasteiger partial charge in [0.2, 0.25) is 0 Å². The van der Waals surface area contributed by atoms with Crippen molar-refractivity contribution in [1.29, 1.82) is 5.26 Å². The number of alkyl halides is 1. The van der Waals surface area contributed by atoms with Crippen LogP contribution in [0.1, 0.15) is 11.1 Å². The van der Waals surface area contributed by atoms with Gasteiger partial charge in [-0.15, -0.1) is 11.6 Å². The summed E-state index contributed by atoms with van der Waals surface area (Å²) in [6.45, 7) is 0. The van der Waals surface area contributed by atoms with E-state index < -0.39 is 0 Å². The molecule has 0 N–H and O–H groups in total. The standard InChI is InChI=1S/C8H4Cl3N/c9-3-5-6(4-12)8(11)2-1-7(5)10/h1-2H,3H2. The second-order valence-corrected chi connectivity index (χ2v) is 3.21. The second kappa shape index (κ2) is 4.00. The van der Waals surface area contributed by atoms with E-state index in [1.165, 1.54) is 0 Å². The SMILES string of the molecule is N#Cc1c(Cl)ccc(Cl)c1CCl. The van der Waals surface area contributed by atoms with E-state index in [0.29, 0.717) is 21.2 Å². The molecule has 0 unspecified atom stereocenters. The minimum atomic E-state index is 0.197. The van der Waals surface area contributed by atoms with Crippen molar-refractivity contribution in [2.24, 2.45) is 0 Å². The number of halogens is 3. The third-order valence-electron chi connectivity index (χ3n) is 1.45. The average Bonchev–Trinajstić information content (AvgIpc) is 2.08. The Labute approximate surface area is 85.5 Å². The van der Waals surface area contributed by atoms with E-state index in [4.69, 9.17) is 40.1 Å². The summed E-state index contributed by atoms with van der Waals surface area (Å²) in [6.07, 6.45) is 0. The van der Waals surface area contributed by atoms with Crippen LogP contribution < -0.4 is 0 Å². The van der Waals surface area contributed by atoms with Crippen LogP contribution in [-0.2, 0) is 5.88 Å². The van der Waals surface area contributed by atoms with Gasteiger partial charge in [-0.25, -0.2) is 0 Å². The van der Waals surface area contributed by atoms with Gasteiger partial charge in [0, 0.05) is 10.6 Å². The molecule has 0 aliphatic rings. The average molecular weight is 220 g/mol. The topological polar surface area (TPSA) is 23.8 Å². The van der Waals surface area contributed by atoms with E-state index in [-0.39, 0.29) is 5.88 Å². The molecule has 0 bridgehead atoms. The van der Waals surface area contributed by atoms with Crippen molar-refractivity contribution in [3.05, 3.63) is 33.3 Å². The Kier molecular flexibility index (Phi) is 3.22. The van der Waals surface area contributed by atoms with Crippen LogP contribution in [0.5, 0.6) is 0 Å². The maximum atomic E-state index is 8.70. The molecule has 0 aliphatic carbocycles. The van der Waals surface area contributed by atoms with Crippen molar-refractivity contribution in [3.8, 4) is 6.07 Å². The van der Waals surface area contributed by atoms with E-state index in [0.717, 1.165) is 0 Å². The highest BCUT2D eigenvalue weighted by Crippen LogP contribution is 2.27. The van der Waals surface area contributed by atoms with Crippen LogP contribution in [0.4, 0.5) is 0 Å². The van der Waals surface area contributed by atoms with E-state index >= 15 is 0 Å². The van der Waals surface area contributed by atoms with Crippen molar-refractivity contribution in [1.82, 2.24) is 0 Å². The first kappa shape index (κ1) is 9.67. The van der Waals surface area contributed by atoms with Gasteiger partial charge in [0.1, 0.15) is 6.07 Å². The molecule has 0 amide bonds. The molecule has 0 fully saturated rings. The van der Waals surface area contributed by atoms with Crippen molar-refractivity contribution >= 4 is 34.8 Å². The third-order valence-corrected chi connectivity index (χ3v) is 2.39. The molecule has 1 rings (SSSR count). The van der Waals surface area contributed by atoms with Crippen molar-refractivity contribution < 1.29 is 0 Å². The van der Waals surface area contributed by atoms with Gasteiger partial charge in [0.25, 0.3) is 0 Å². The Morgan fingerprint density at radius 3 is 2.25 bits per heavy atom. The third kappa shape index (κ3) is 1.67. The highest BCUT2D eigenvalue weighted by Gasteiger charge is 2.09. The summed E-state index contributed by atoms with van der Waals surface area (Å²) in [5, 5.41) is 9.57. The Hall–Kier alpha value is -0.420. The molecular weight excluding hydrogens is 216 g/mol. The lowest BCUT2D eigenvalue weighted by atomic mass is 10.1. The number of benzene rings is 1. The molecule has 0 radical (unpaired) electrons. The van der Waals surface area contributed by atoms with E-state index in [1.807, 2.05) is 6.07 Å². The fourth-order valence-corrected chi connectivity index (χ4v) is 1.63. The second-order valence-electron chi connectivity index (χ2n) is 2.13. The largest absolute Gasteiger partial charge is 0.192 e. The summed E-state index contributed by atoms with van der Waals surface area (Å²) < 4.78 is 0. The Balaban J connectivity index is 3.41. The first-order valence-corrected chi connectivity index (χ1v) is 4.42. The minimum Gasteiger partial charge on any atom is -0.192 e. The van der Waals surface area contributed by atoms with E-state index in [2.05, 4.69) is 0 Å². The number of hydrogen-bond acceptors (Lipinski definition) is 1. The van der Waals surface area contributed by atoms with Crippen LogP contribution in [0.3, 0.4) is 0 Å². The van der Waals surface area contributed by atoms with Gasteiger partial charge in [-0.3, -0.25) is 0 Å². The summed E-state index contributed by atoms with van der Waals surface area (Å²) in [6, 6.07) is 5.16. The van der Waals surface area contributed by atoms with Crippen LogP contribution in [0.15, 0.2) is 12.1 Å². The van der Waals surface area contributed by atoms with Gasteiger partial charge < -0.3 is 0 Å². The Morgan fingerprint density at radius 1 is 1.25 bits per heavy atom. The maximum absolute atomic E-state index is 8.70. The molecule has 1 aromatic rings.